The molecule has 0 unspecified atom stereocenters. The average molecular weight is 509 g/mol. The molecule has 0 bridgehead atoms. The minimum Gasteiger partial charge on any atom is -0.355 e. The number of hydrogen-bond donors (Lipinski definition) is 2. The number of nitriles is 1. The molecule has 8 heteroatoms. The van der Waals surface area contributed by atoms with Crippen molar-refractivity contribution in [2.45, 2.75) is 19.4 Å². The van der Waals surface area contributed by atoms with Gasteiger partial charge in [-0.25, -0.2) is 0 Å². The van der Waals surface area contributed by atoms with Crippen LogP contribution in [-0.2, 0) is 9.59 Å². The summed E-state index contributed by atoms with van der Waals surface area (Å²) >= 11 is 12.5. The zero-order chi connectivity index (χ0) is 25.4. The van der Waals surface area contributed by atoms with Crippen molar-refractivity contribution < 1.29 is 9.59 Å². The maximum Gasteiger partial charge on any atom is 0.246 e. The topological polar surface area (TPSA) is 85.2 Å². The zero-order valence-electron chi connectivity index (χ0n) is 19.5. The van der Waals surface area contributed by atoms with Crippen LogP contribution in [0.1, 0.15) is 30.5 Å². The molecule has 180 valence electrons. The molecule has 6 nitrogen and oxygen atoms in total. The normalized spacial score (nSPS) is 11.4. The third kappa shape index (κ3) is 7.30. The largest absolute Gasteiger partial charge is 0.355 e. The molecule has 3 aromatic carbocycles. The molecule has 3 rings (SSSR count). The van der Waals surface area contributed by atoms with E-state index in [0.717, 1.165) is 16.7 Å². The summed E-state index contributed by atoms with van der Waals surface area (Å²) in [5.74, 6) is -0.760. The van der Waals surface area contributed by atoms with Crippen molar-refractivity contribution >= 4 is 40.7 Å². The first-order chi connectivity index (χ1) is 16.8. The third-order valence-corrected chi connectivity index (χ3v) is 6.00. The first kappa shape index (κ1) is 26.2. The minimum absolute atomic E-state index is 0.0604. The number of anilines is 1. The number of amides is 2. The van der Waals surface area contributed by atoms with Crippen LogP contribution in [0, 0.1) is 11.3 Å². The van der Waals surface area contributed by atoms with Gasteiger partial charge in [-0.2, -0.15) is 5.26 Å². The molecule has 35 heavy (non-hydrogen) atoms. The summed E-state index contributed by atoms with van der Waals surface area (Å²) in [7, 11) is 1.74. The van der Waals surface area contributed by atoms with Crippen molar-refractivity contribution in [2.75, 3.05) is 25.0 Å². The van der Waals surface area contributed by atoms with E-state index in [9.17, 15) is 14.9 Å². The maximum absolute atomic E-state index is 12.7. The van der Waals surface area contributed by atoms with Gasteiger partial charge in [-0.1, -0.05) is 59.6 Å². The molecular weight excluding hydrogens is 483 g/mol. The lowest BCUT2D eigenvalue weighted by molar-refractivity contribution is -0.129. The lowest BCUT2D eigenvalue weighted by Crippen LogP contribution is -2.41. The second-order valence-corrected chi connectivity index (χ2v) is 8.94. The lowest BCUT2D eigenvalue weighted by atomic mass is 9.99. The van der Waals surface area contributed by atoms with Crippen LogP contribution in [0.4, 0.5) is 5.69 Å². The summed E-state index contributed by atoms with van der Waals surface area (Å²) in [6.07, 6.45) is 0.204. The van der Waals surface area contributed by atoms with E-state index in [1.165, 1.54) is 0 Å². The monoisotopic (exact) mass is 508 g/mol. The predicted octanol–water partition coefficient (Wildman–Crippen LogP) is 5.35. The molecule has 0 aliphatic heterocycles. The van der Waals surface area contributed by atoms with E-state index in [1.807, 2.05) is 54.3 Å². The van der Waals surface area contributed by atoms with Crippen molar-refractivity contribution in [3.63, 3.8) is 0 Å². The molecule has 0 fully saturated rings. The van der Waals surface area contributed by atoms with E-state index in [4.69, 9.17) is 23.2 Å². The van der Waals surface area contributed by atoms with E-state index < -0.39 is 5.91 Å². The van der Waals surface area contributed by atoms with E-state index in [1.54, 1.807) is 31.3 Å². The molecule has 0 saturated carbocycles. The van der Waals surface area contributed by atoms with Gasteiger partial charge in [-0.15, -0.1) is 0 Å². The van der Waals surface area contributed by atoms with Gasteiger partial charge >= 0.3 is 0 Å². The molecule has 0 aliphatic carbocycles. The minimum atomic E-state index is -0.418. The van der Waals surface area contributed by atoms with Crippen LogP contribution in [0.5, 0.6) is 0 Å². The van der Waals surface area contributed by atoms with Crippen LogP contribution < -0.4 is 15.5 Å². The Morgan fingerprint density at radius 2 is 1.66 bits per heavy atom. The molecule has 0 saturated heterocycles. The number of hydrogen-bond acceptors (Lipinski definition) is 5. The molecule has 0 aliphatic rings. The Labute approximate surface area is 215 Å². The van der Waals surface area contributed by atoms with Gasteiger partial charge in [0.2, 0.25) is 11.8 Å². The van der Waals surface area contributed by atoms with Gasteiger partial charge in [0.1, 0.15) is 0 Å². The van der Waals surface area contributed by atoms with Crippen molar-refractivity contribution in [1.82, 2.24) is 10.6 Å². The molecule has 0 radical (unpaired) electrons. The van der Waals surface area contributed by atoms with Gasteiger partial charge in [0.25, 0.3) is 0 Å². The third-order valence-electron chi connectivity index (χ3n) is 5.56. The summed E-state index contributed by atoms with van der Waals surface area (Å²) in [4.78, 5) is 26.6. The highest BCUT2D eigenvalue weighted by Gasteiger charge is 2.21. The first-order valence-electron chi connectivity index (χ1n) is 11.1. The zero-order valence-corrected chi connectivity index (χ0v) is 21.0. The van der Waals surface area contributed by atoms with E-state index in [2.05, 4.69) is 16.7 Å². The number of halogens is 2. The van der Waals surface area contributed by atoms with Gasteiger partial charge in [0.05, 0.1) is 24.2 Å². The lowest BCUT2D eigenvalue weighted by Gasteiger charge is -2.31. The summed E-state index contributed by atoms with van der Waals surface area (Å²) in [6.45, 7) is 2.39. The Hall–Kier alpha value is -3.37. The summed E-state index contributed by atoms with van der Waals surface area (Å²) in [5, 5.41) is 15.4. The molecule has 0 aromatic heterocycles. The predicted molar refractivity (Wildman–Crippen MR) is 141 cm³/mol. The molecule has 2 amide bonds. The molecule has 3 aromatic rings. The first-order valence-corrected chi connectivity index (χ1v) is 11.9. The number of nitrogens with one attached hydrogen (secondary N) is 2. The van der Waals surface area contributed by atoms with Crippen molar-refractivity contribution in [1.29, 1.82) is 5.26 Å². The number of rotatable bonds is 9. The van der Waals surface area contributed by atoms with E-state index >= 15 is 0 Å². The van der Waals surface area contributed by atoms with Crippen molar-refractivity contribution in [2.24, 2.45) is 0 Å². The highest BCUT2D eigenvalue weighted by atomic mass is 35.5. The highest BCUT2D eigenvalue weighted by Crippen LogP contribution is 2.32. The van der Waals surface area contributed by atoms with Crippen LogP contribution in [0.15, 0.2) is 66.7 Å². The Balaban J connectivity index is 1.87. The average Bonchev–Trinajstić information content (AvgIpc) is 2.85. The fourth-order valence-corrected chi connectivity index (χ4v) is 4.22. The Morgan fingerprint density at radius 3 is 2.29 bits per heavy atom. The SMILES string of the molecule is CNCCC(=O)NC(=O)CN(c1cc(Cl)cc(Cl)c1)[C@@H](C)c1ccc(-c2cccc(C#N)c2)cc1. The van der Waals surface area contributed by atoms with Gasteiger partial charge in [0.15, 0.2) is 0 Å². The van der Waals surface area contributed by atoms with Crippen molar-refractivity contribution in [3.8, 4) is 17.2 Å². The number of imide groups is 1. The standard InChI is InChI=1S/C27H26Cl2N4O2/c1-18(20-6-8-21(9-7-20)22-5-3-4-19(12-22)16-30)33(25-14-23(28)13-24(29)15-25)17-27(35)32-26(34)10-11-31-2/h3-9,12-15,18,31H,10-11,17H2,1-2H3,(H,32,34,35)/t18-/m0/s1. The second kappa shape index (κ2) is 12.4. The van der Waals surface area contributed by atoms with Crippen LogP contribution in [0.3, 0.4) is 0 Å². The van der Waals surface area contributed by atoms with Crippen LogP contribution in [-0.4, -0.2) is 32.0 Å². The van der Waals surface area contributed by atoms with E-state index in [-0.39, 0.29) is 24.9 Å². The number of nitrogens with zero attached hydrogens (tertiary/aromatic N) is 2. The molecular formula is C27H26Cl2N4O2. The maximum atomic E-state index is 12.7. The molecule has 1 atom stereocenters. The van der Waals surface area contributed by atoms with Crippen LogP contribution in [0.2, 0.25) is 10.0 Å². The fourth-order valence-electron chi connectivity index (χ4n) is 3.71. The van der Waals surface area contributed by atoms with Gasteiger partial charge in [-0.3, -0.25) is 14.9 Å². The van der Waals surface area contributed by atoms with Gasteiger partial charge < -0.3 is 10.2 Å². The van der Waals surface area contributed by atoms with Gasteiger partial charge in [0, 0.05) is 28.7 Å². The van der Waals surface area contributed by atoms with Crippen molar-refractivity contribution in [3.05, 3.63) is 87.9 Å². The van der Waals surface area contributed by atoms with E-state index in [0.29, 0.717) is 27.8 Å². The van der Waals surface area contributed by atoms with Gasteiger partial charge in [-0.05, 0) is 61.0 Å². The summed E-state index contributed by atoms with van der Waals surface area (Å²) in [5.41, 5.74) is 4.14. The summed E-state index contributed by atoms with van der Waals surface area (Å²) < 4.78 is 0. The smallest absolute Gasteiger partial charge is 0.246 e. The Bertz CT molecular complexity index is 1220. The number of carbonyl (C=O) groups is 2. The molecule has 2 N–H and O–H groups in total. The van der Waals surface area contributed by atoms with Crippen LogP contribution >= 0.6 is 23.2 Å². The second-order valence-electron chi connectivity index (χ2n) is 8.07. The number of carbonyl (C=O) groups excluding carboxylic acids is 2. The molecule has 0 heterocycles. The highest BCUT2D eigenvalue weighted by molar-refractivity contribution is 6.35. The fraction of sp³-hybridized carbons (Fsp3) is 0.222. The Kier molecular flexibility index (Phi) is 9.27. The quantitative estimate of drug-likeness (QED) is 0.406. The van der Waals surface area contributed by atoms with Crippen LogP contribution in [0.25, 0.3) is 11.1 Å². The Morgan fingerprint density at radius 1 is 0.971 bits per heavy atom. The number of benzene rings is 3. The summed E-state index contributed by atoms with van der Waals surface area (Å²) in [6, 6.07) is 22.4. The molecule has 0 spiro atoms.